The number of hydrogen-bond donors (Lipinski definition) is 0. The Kier molecular flexibility index (Phi) is 3.98. The lowest BCUT2D eigenvalue weighted by Gasteiger charge is -2.09. The quantitative estimate of drug-likeness (QED) is 0.251. The average Bonchev–Trinajstić information content (AvgIpc) is 3.26. The molecule has 0 saturated heterocycles. The van der Waals surface area contributed by atoms with Crippen LogP contribution in [0, 0.1) is 30.9 Å². The zero-order chi connectivity index (χ0) is 26.8. The van der Waals surface area contributed by atoms with Crippen molar-refractivity contribution in [2.24, 2.45) is 7.05 Å². The highest BCUT2D eigenvalue weighted by Crippen LogP contribution is 2.43. The van der Waals surface area contributed by atoms with Crippen molar-refractivity contribution in [1.82, 2.24) is 0 Å². The Morgan fingerprint density at radius 3 is 2.43 bits per heavy atom. The van der Waals surface area contributed by atoms with Crippen molar-refractivity contribution < 1.29 is 17.5 Å². The lowest BCUT2D eigenvalue weighted by Crippen LogP contribution is -2.31. The van der Waals surface area contributed by atoms with E-state index in [1.165, 1.54) is 12.3 Å². The minimum absolute atomic E-state index is 0.346. The maximum absolute atomic E-state index is 14.6. The van der Waals surface area contributed by atoms with Gasteiger partial charge in [-0.15, -0.1) is 0 Å². The zero-order valence-corrected chi connectivity index (χ0v) is 19.2. The monoisotopic (exact) mass is 460 g/mol. The van der Waals surface area contributed by atoms with Crippen LogP contribution in [0.25, 0.3) is 55.1 Å². The van der Waals surface area contributed by atoms with Gasteiger partial charge in [-0.1, -0.05) is 54.6 Å². The first-order valence-electron chi connectivity index (χ1n) is 12.8. The first-order valence-corrected chi connectivity index (χ1v) is 11.3. The number of halogens is 1. The van der Waals surface area contributed by atoms with Gasteiger partial charge in [-0.3, -0.25) is 0 Å². The highest BCUT2D eigenvalue weighted by atomic mass is 19.1. The second-order valence-corrected chi connectivity index (χ2v) is 8.77. The van der Waals surface area contributed by atoms with Gasteiger partial charge in [0.1, 0.15) is 18.2 Å². The fourth-order valence-electron chi connectivity index (χ4n) is 4.99. The minimum Gasteiger partial charge on any atom is -0.454 e. The predicted octanol–water partition coefficient (Wildman–Crippen LogP) is 7.53. The molecule has 0 aliphatic carbocycles. The molecule has 0 aliphatic heterocycles. The van der Waals surface area contributed by atoms with Crippen molar-refractivity contribution >= 4 is 32.7 Å². The van der Waals surface area contributed by atoms with Gasteiger partial charge in [0.25, 0.3) is 0 Å². The zero-order valence-electron chi connectivity index (χ0n) is 22.2. The molecule has 35 heavy (non-hydrogen) atoms. The van der Waals surface area contributed by atoms with Crippen LogP contribution in [0.4, 0.5) is 4.39 Å². The molecule has 0 aliphatic rings. The lowest BCUT2D eigenvalue weighted by atomic mass is 9.93. The van der Waals surface area contributed by atoms with Crippen molar-refractivity contribution in [2.75, 3.05) is 0 Å². The number of pyridine rings is 1. The third kappa shape index (κ3) is 3.13. The van der Waals surface area contributed by atoms with Gasteiger partial charge in [0.05, 0.1) is 17.2 Å². The molecule has 0 spiro atoms. The molecule has 0 unspecified atom stereocenters. The maximum Gasteiger partial charge on any atom is 0.216 e. The molecule has 0 radical (unpaired) electrons. The van der Waals surface area contributed by atoms with Crippen LogP contribution < -0.4 is 4.57 Å². The summed E-state index contributed by atoms with van der Waals surface area (Å²) in [5.74, 6) is -0.789. The van der Waals surface area contributed by atoms with Crippen LogP contribution in [0.3, 0.4) is 0 Å². The number of rotatable bonds is 2. The van der Waals surface area contributed by atoms with E-state index in [0.29, 0.717) is 33.6 Å². The number of nitrogens with zero attached hydrogens (tertiary/aromatic N) is 2. The fourth-order valence-corrected chi connectivity index (χ4v) is 4.99. The predicted molar refractivity (Wildman–Crippen MR) is 137 cm³/mol. The number of aromatic nitrogens is 1. The molecule has 0 N–H and O–H groups in total. The summed E-state index contributed by atoms with van der Waals surface area (Å²) in [6.07, 6.45) is 1.19. The molecule has 4 aromatic carbocycles. The number of benzene rings is 4. The molecule has 168 valence electrons. The van der Waals surface area contributed by atoms with E-state index in [1.54, 1.807) is 17.7 Å². The number of fused-ring (bicyclic) bond motifs is 4. The first-order chi connectivity index (χ1) is 18.2. The lowest BCUT2D eigenvalue weighted by molar-refractivity contribution is -0.662. The second-order valence-electron chi connectivity index (χ2n) is 8.77. The van der Waals surface area contributed by atoms with Gasteiger partial charge in [-0.05, 0) is 53.4 Å². The molecule has 3 nitrogen and oxygen atoms in total. The molecule has 0 bridgehead atoms. The van der Waals surface area contributed by atoms with E-state index < -0.39 is 12.7 Å². The Hall–Kier alpha value is -4.49. The molecule has 0 fully saturated rings. The van der Waals surface area contributed by atoms with E-state index in [1.807, 2.05) is 67.6 Å². The van der Waals surface area contributed by atoms with Crippen molar-refractivity contribution in [3.63, 3.8) is 0 Å². The normalized spacial score (nSPS) is 13.0. The molecule has 6 aromatic rings. The average molecular weight is 461 g/mol. The summed E-state index contributed by atoms with van der Waals surface area (Å²) in [5, 5.41) is 13.8. The van der Waals surface area contributed by atoms with Crippen molar-refractivity contribution in [1.29, 1.82) is 5.26 Å². The van der Waals surface area contributed by atoms with E-state index in [4.69, 9.17) is 8.53 Å². The van der Waals surface area contributed by atoms with Gasteiger partial charge < -0.3 is 4.42 Å². The molecular formula is C31H22FN2O+. The number of nitriles is 1. The number of aryl methyl sites for hydroxylation is 3. The van der Waals surface area contributed by atoms with Gasteiger partial charge in [0.15, 0.2) is 5.82 Å². The summed E-state index contributed by atoms with van der Waals surface area (Å²) in [6, 6.07) is 25.3. The Morgan fingerprint density at radius 2 is 1.63 bits per heavy atom. The highest BCUT2D eigenvalue weighted by molar-refractivity contribution is 6.15. The third-order valence-electron chi connectivity index (χ3n) is 6.68. The van der Waals surface area contributed by atoms with Crippen LogP contribution in [0.5, 0.6) is 0 Å². The molecule has 2 aromatic heterocycles. The summed E-state index contributed by atoms with van der Waals surface area (Å²) in [7, 11) is 1.68. The van der Waals surface area contributed by atoms with Crippen molar-refractivity contribution in [2.45, 2.75) is 13.8 Å². The topological polar surface area (TPSA) is 40.8 Å². The van der Waals surface area contributed by atoms with E-state index in [0.717, 1.165) is 32.7 Å². The van der Waals surface area contributed by atoms with E-state index in [-0.39, 0.29) is 5.56 Å². The van der Waals surface area contributed by atoms with Crippen LogP contribution in [-0.4, -0.2) is 0 Å². The fraction of sp³-hybridized carbons (Fsp3) is 0.0968. The minimum atomic E-state index is -2.61. The van der Waals surface area contributed by atoms with Crippen molar-refractivity contribution in [3.05, 3.63) is 102 Å². The Balaban J connectivity index is 1.73. The van der Waals surface area contributed by atoms with Crippen LogP contribution in [-0.2, 0) is 7.05 Å². The highest BCUT2D eigenvalue weighted by Gasteiger charge is 2.24. The van der Waals surface area contributed by atoms with Crippen LogP contribution in [0.15, 0.2) is 83.4 Å². The Bertz CT molecular complexity index is 1960. The smallest absolute Gasteiger partial charge is 0.216 e. The second kappa shape index (κ2) is 7.78. The maximum atomic E-state index is 14.6. The first kappa shape index (κ1) is 17.9. The van der Waals surface area contributed by atoms with E-state index in [9.17, 15) is 9.65 Å². The third-order valence-corrected chi connectivity index (χ3v) is 6.68. The number of hydrogen-bond acceptors (Lipinski definition) is 2. The summed E-state index contributed by atoms with van der Waals surface area (Å²) in [4.78, 5) is 0. The van der Waals surface area contributed by atoms with E-state index in [2.05, 4.69) is 6.07 Å². The standard InChI is InChI=1S/C31H22FN2O/c1-18-11-13-24-25-14-12-21(16-33)29(23-10-6-8-20-7-4-5-9-22(20)23)31(25)35-30(24)28(18)27-15-19(2)26(32)17-34(27)3/h4-15,17H,1-3H3/q+1/i2D3. The molecule has 4 heteroatoms. The molecular weight excluding hydrogens is 435 g/mol. The summed E-state index contributed by atoms with van der Waals surface area (Å²) >= 11 is 0. The molecule has 0 saturated carbocycles. The SMILES string of the molecule is [2H]C([2H])([2H])c1cc(-c2c(C)ccc3c2oc2c(-c4cccc5ccccc45)c(C#N)ccc23)[n+](C)cc1F. The summed E-state index contributed by atoms with van der Waals surface area (Å²) < 4.78 is 46.3. The molecule has 2 heterocycles. The van der Waals surface area contributed by atoms with Gasteiger partial charge in [0.2, 0.25) is 11.9 Å². The van der Waals surface area contributed by atoms with Gasteiger partial charge >= 0.3 is 0 Å². The molecule has 0 atom stereocenters. The Labute approximate surface area is 206 Å². The summed E-state index contributed by atoms with van der Waals surface area (Å²) in [6.45, 7) is -0.696. The summed E-state index contributed by atoms with van der Waals surface area (Å²) in [5.41, 5.74) is 4.90. The van der Waals surface area contributed by atoms with Crippen molar-refractivity contribution in [3.8, 4) is 28.5 Å². The van der Waals surface area contributed by atoms with Gasteiger partial charge in [-0.2, -0.15) is 9.83 Å². The van der Waals surface area contributed by atoms with Crippen LogP contribution in [0.2, 0.25) is 0 Å². The van der Waals surface area contributed by atoms with Gasteiger partial charge in [0, 0.05) is 26.5 Å². The van der Waals surface area contributed by atoms with Crippen LogP contribution in [0.1, 0.15) is 20.8 Å². The van der Waals surface area contributed by atoms with E-state index >= 15 is 0 Å². The van der Waals surface area contributed by atoms with Crippen LogP contribution >= 0.6 is 0 Å². The molecule has 0 amide bonds. The largest absolute Gasteiger partial charge is 0.454 e. The number of furan rings is 1. The Morgan fingerprint density at radius 1 is 0.886 bits per heavy atom. The van der Waals surface area contributed by atoms with Gasteiger partial charge in [-0.25, -0.2) is 4.39 Å². The molecule has 6 rings (SSSR count).